The molecule has 4 saturated heterocycles. The number of methoxy groups -OCH3 is 1. The van der Waals surface area contributed by atoms with Gasteiger partial charge >= 0.3 is 0 Å². The molecule has 5 fully saturated rings. The summed E-state index contributed by atoms with van der Waals surface area (Å²) < 4.78 is 5.52. The van der Waals surface area contributed by atoms with Gasteiger partial charge < -0.3 is 4.74 Å². The van der Waals surface area contributed by atoms with E-state index in [-0.39, 0.29) is 0 Å². The van der Waals surface area contributed by atoms with Crippen molar-refractivity contribution in [3.63, 3.8) is 0 Å². The van der Waals surface area contributed by atoms with Gasteiger partial charge in [0.1, 0.15) is 0 Å². The van der Waals surface area contributed by atoms with Crippen molar-refractivity contribution in [1.29, 1.82) is 0 Å². The van der Waals surface area contributed by atoms with E-state index in [4.69, 9.17) is 4.74 Å². The van der Waals surface area contributed by atoms with Crippen molar-refractivity contribution in [2.75, 3.05) is 59.5 Å². The van der Waals surface area contributed by atoms with Gasteiger partial charge in [0.15, 0.2) is 0 Å². The van der Waals surface area contributed by atoms with Gasteiger partial charge in [0.25, 0.3) is 0 Å². The molecule has 5 rings (SSSR count). The molecule has 4 aliphatic heterocycles. The van der Waals surface area contributed by atoms with Gasteiger partial charge in [0.2, 0.25) is 0 Å². The number of rotatable bonds is 8. The summed E-state index contributed by atoms with van der Waals surface area (Å²) in [7, 11) is 1.86. The predicted molar refractivity (Wildman–Crippen MR) is 137 cm³/mol. The van der Waals surface area contributed by atoms with E-state index in [0.717, 1.165) is 25.1 Å². The minimum Gasteiger partial charge on any atom is -0.383 e. The smallest absolute Gasteiger partial charge is 0.0589 e. The average Bonchev–Trinajstić information content (AvgIpc) is 2.67. The van der Waals surface area contributed by atoms with Gasteiger partial charge in [-0.25, -0.2) is 0 Å². The predicted octanol–water partition coefficient (Wildman–Crippen LogP) is 4.07. The van der Waals surface area contributed by atoms with Crippen LogP contribution in [0.1, 0.15) is 85.5 Å². The molecule has 0 aromatic heterocycles. The van der Waals surface area contributed by atoms with Crippen molar-refractivity contribution in [1.82, 2.24) is 19.6 Å². The third-order valence-electron chi connectivity index (χ3n) is 10.5. The molecule has 1 saturated carbocycles. The number of piperidine rings is 2. The van der Waals surface area contributed by atoms with E-state index in [1.165, 1.54) is 97.1 Å². The van der Waals surface area contributed by atoms with Crippen LogP contribution >= 0.6 is 0 Å². The Morgan fingerprint density at radius 1 is 0.939 bits per heavy atom. The summed E-state index contributed by atoms with van der Waals surface area (Å²) in [5.41, 5.74) is 1.27. The minimum absolute atomic E-state index is 0.319. The highest BCUT2D eigenvalue weighted by Gasteiger charge is 2.55. The lowest BCUT2D eigenvalue weighted by Crippen LogP contribution is -2.77. The minimum atomic E-state index is 0.319. The molecule has 1 atom stereocenters. The Bertz CT molecular complexity index is 663. The van der Waals surface area contributed by atoms with E-state index >= 15 is 0 Å². The van der Waals surface area contributed by atoms with E-state index in [1.807, 2.05) is 7.11 Å². The number of likely N-dealkylation sites (tertiary alicyclic amines) is 4. The first kappa shape index (κ1) is 24.5. The Morgan fingerprint density at radius 3 is 2.33 bits per heavy atom. The summed E-state index contributed by atoms with van der Waals surface area (Å²) in [6.45, 7) is 19.6. The highest BCUT2D eigenvalue weighted by molar-refractivity contribution is 5.12. The van der Waals surface area contributed by atoms with Crippen molar-refractivity contribution in [2.45, 2.75) is 114 Å². The molecule has 0 N–H and O–H groups in total. The summed E-state index contributed by atoms with van der Waals surface area (Å²) in [6.07, 6.45) is 12.8. The van der Waals surface area contributed by atoms with Crippen molar-refractivity contribution in [2.24, 2.45) is 5.92 Å². The largest absolute Gasteiger partial charge is 0.383 e. The summed E-state index contributed by atoms with van der Waals surface area (Å²) >= 11 is 0. The fourth-order valence-electron chi connectivity index (χ4n) is 8.01. The highest BCUT2D eigenvalue weighted by atomic mass is 16.5. The molecular weight excluding hydrogens is 408 g/mol. The van der Waals surface area contributed by atoms with E-state index < -0.39 is 0 Å². The third kappa shape index (κ3) is 4.55. The van der Waals surface area contributed by atoms with Crippen LogP contribution in [0.25, 0.3) is 0 Å². The second kappa shape index (κ2) is 9.35. The molecule has 4 heterocycles. The van der Waals surface area contributed by atoms with Crippen LogP contribution in [0.5, 0.6) is 0 Å². The van der Waals surface area contributed by atoms with Crippen LogP contribution in [0.2, 0.25) is 0 Å². The van der Waals surface area contributed by atoms with E-state index in [2.05, 4.69) is 47.3 Å². The molecule has 5 aliphatic rings. The van der Waals surface area contributed by atoms with Gasteiger partial charge in [-0.05, 0) is 85.1 Å². The molecule has 2 spiro atoms. The standard InChI is InChI=1S/C28H52N4O/c1-23(2)29-19-27(20-29)13-11-24(18-30(27)15-16-33-5)17-26(3,4)31-21-28(22-31)12-6-7-14-32(28)25-9-8-10-25/h23-25H,6-22H2,1-5H3. The maximum atomic E-state index is 5.52. The molecule has 190 valence electrons. The number of ether oxygens (including phenoxy) is 1. The van der Waals surface area contributed by atoms with Crippen molar-refractivity contribution < 1.29 is 4.74 Å². The van der Waals surface area contributed by atoms with Crippen LogP contribution < -0.4 is 0 Å². The van der Waals surface area contributed by atoms with Crippen molar-refractivity contribution >= 4 is 0 Å². The van der Waals surface area contributed by atoms with Crippen LogP contribution in [0.4, 0.5) is 0 Å². The first-order valence-electron chi connectivity index (χ1n) is 14.3. The Labute approximate surface area is 204 Å². The van der Waals surface area contributed by atoms with Gasteiger partial charge in [-0.15, -0.1) is 0 Å². The van der Waals surface area contributed by atoms with E-state index in [9.17, 15) is 0 Å². The normalized spacial score (nSPS) is 31.6. The summed E-state index contributed by atoms with van der Waals surface area (Å²) in [5.74, 6) is 0.821. The lowest BCUT2D eigenvalue weighted by Gasteiger charge is -2.65. The number of nitrogens with zero attached hydrogens (tertiary/aromatic N) is 4. The first-order chi connectivity index (χ1) is 15.8. The van der Waals surface area contributed by atoms with Crippen LogP contribution in [0.15, 0.2) is 0 Å². The summed E-state index contributed by atoms with van der Waals surface area (Å²) in [5, 5.41) is 0. The van der Waals surface area contributed by atoms with Crippen LogP contribution in [0, 0.1) is 5.92 Å². The monoisotopic (exact) mass is 460 g/mol. The SMILES string of the molecule is COCCN1CC(CC(C)(C)N2CC3(CCCCN3C3CCC3)C2)CCC12CN(C(C)C)C2. The molecule has 0 aromatic rings. The second-order valence-corrected chi connectivity index (χ2v) is 13.4. The first-order valence-corrected chi connectivity index (χ1v) is 14.3. The maximum Gasteiger partial charge on any atom is 0.0589 e. The van der Waals surface area contributed by atoms with Gasteiger partial charge in [-0.2, -0.15) is 0 Å². The lowest BCUT2D eigenvalue weighted by molar-refractivity contribution is -0.150. The molecule has 0 amide bonds. The molecule has 0 radical (unpaired) electrons. The molecule has 33 heavy (non-hydrogen) atoms. The van der Waals surface area contributed by atoms with Crippen molar-refractivity contribution in [3.8, 4) is 0 Å². The van der Waals surface area contributed by atoms with Crippen LogP contribution in [-0.2, 0) is 4.74 Å². The maximum absolute atomic E-state index is 5.52. The van der Waals surface area contributed by atoms with Crippen LogP contribution in [0.3, 0.4) is 0 Å². The molecule has 1 unspecified atom stereocenters. The fourth-order valence-corrected chi connectivity index (χ4v) is 8.01. The zero-order valence-corrected chi connectivity index (χ0v) is 22.4. The lowest BCUT2D eigenvalue weighted by atomic mass is 9.71. The second-order valence-electron chi connectivity index (χ2n) is 13.4. The molecule has 1 aliphatic carbocycles. The van der Waals surface area contributed by atoms with Crippen LogP contribution in [-0.4, -0.2) is 108 Å². The molecular formula is C28H52N4O. The molecule has 5 heteroatoms. The zero-order chi connectivity index (χ0) is 23.3. The van der Waals surface area contributed by atoms with Gasteiger partial charge in [0.05, 0.1) is 6.61 Å². The number of hydrogen-bond donors (Lipinski definition) is 0. The Balaban J connectivity index is 1.18. The average molecular weight is 461 g/mol. The zero-order valence-electron chi connectivity index (χ0n) is 22.4. The van der Waals surface area contributed by atoms with Gasteiger partial charge in [0, 0.05) is 75.1 Å². The fraction of sp³-hybridized carbons (Fsp3) is 1.00. The highest BCUT2D eigenvalue weighted by Crippen LogP contribution is 2.46. The van der Waals surface area contributed by atoms with E-state index in [0.29, 0.717) is 22.7 Å². The molecule has 0 bridgehead atoms. The number of hydrogen-bond acceptors (Lipinski definition) is 5. The molecule has 0 aromatic carbocycles. The van der Waals surface area contributed by atoms with E-state index in [1.54, 1.807) is 0 Å². The Hall–Kier alpha value is -0.200. The Kier molecular flexibility index (Phi) is 6.94. The van der Waals surface area contributed by atoms with Gasteiger partial charge in [-0.3, -0.25) is 19.6 Å². The molecule has 5 nitrogen and oxygen atoms in total. The quantitative estimate of drug-likeness (QED) is 0.543. The summed E-state index contributed by atoms with van der Waals surface area (Å²) in [6, 6.07) is 1.59. The third-order valence-corrected chi connectivity index (χ3v) is 10.5. The summed E-state index contributed by atoms with van der Waals surface area (Å²) in [4.78, 5) is 11.3. The van der Waals surface area contributed by atoms with Gasteiger partial charge in [-0.1, -0.05) is 12.8 Å². The van der Waals surface area contributed by atoms with Crippen molar-refractivity contribution in [3.05, 3.63) is 0 Å². The Morgan fingerprint density at radius 2 is 1.70 bits per heavy atom. The topological polar surface area (TPSA) is 22.2 Å².